The first-order valence-electron chi connectivity index (χ1n) is 8.72. The molecule has 0 atom stereocenters. The molecular weight excluding hydrogens is 395 g/mol. The van der Waals surface area contributed by atoms with E-state index in [2.05, 4.69) is 59.2 Å². The Morgan fingerprint density at radius 2 is 1.33 bits per heavy atom. The van der Waals surface area contributed by atoms with Crippen LogP contribution >= 0.6 is 35.4 Å². The van der Waals surface area contributed by atoms with Gasteiger partial charge in [0, 0.05) is 28.2 Å². The minimum absolute atomic E-state index is 0.309. The zero-order valence-corrected chi connectivity index (χ0v) is 17.0. The van der Waals surface area contributed by atoms with Gasteiger partial charge < -0.3 is 10.6 Å². The van der Waals surface area contributed by atoms with Crippen molar-refractivity contribution >= 4 is 46.2 Å². The molecule has 2 nitrogen and oxygen atoms in total. The van der Waals surface area contributed by atoms with Crippen LogP contribution in [-0.4, -0.2) is 11.7 Å². The van der Waals surface area contributed by atoms with E-state index in [1.807, 2.05) is 12.1 Å². The Hall–Kier alpha value is -2.07. The Bertz CT molecular complexity index is 826. The van der Waals surface area contributed by atoms with Crippen molar-refractivity contribution in [1.82, 2.24) is 5.32 Å². The molecule has 0 heterocycles. The van der Waals surface area contributed by atoms with Gasteiger partial charge in [-0.15, -0.1) is 0 Å². The van der Waals surface area contributed by atoms with Crippen LogP contribution in [0.1, 0.15) is 23.5 Å². The molecule has 0 saturated heterocycles. The molecule has 0 radical (unpaired) electrons. The number of halogens is 2. The molecule has 5 heteroatoms. The first-order valence-corrected chi connectivity index (χ1v) is 9.89. The van der Waals surface area contributed by atoms with Crippen LogP contribution in [-0.2, 0) is 0 Å². The van der Waals surface area contributed by atoms with E-state index in [0.717, 1.165) is 18.7 Å². The molecule has 0 saturated carbocycles. The summed E-state index contributed by atoms with van der Waals surface area (Å²) in [5.74, 6) is 0.309. The van der Waals surface area contributed by atoms with E-state index in [4.69, 9.17) is 35.4 Å². The first kappa shape index (κ1) is 19.7. The highest BCUT2D eigenvalue weighted by Gasteiger charge is 2.13. The summed E-state index contributed by atoms with van der Waals surface area (Å²) in [6, 6.07) is 26.3. The molecule has 0 amide bonds. The highest BCUT2D eigenvalue weighted by molar-refractivity contribution is 7.80. The molecule has 0 bridgehead atoms. The lowest BCUT2D eigenvalue weighted by molar-refractivity contribution is 0.694. The first-order chi connectivity index (χ1) is 13.1. The van der Waals surface area contributed by atoms with Crippen molar-refractivity contribution in [2.45, 2.75) is 12.3 Å². The third kappa shape index (κ3) is 5.96. The monoisotopic (exact) mass is 414 g/mol. The van der Waals surface area contributed by atoms with E-state index in [0.29, 0.717) is 21.1 Å². The SMILES string of the molecule is S=C(NCCC(c1ccccc1)c1ccccc1)Nc1cc(Cl)cc(Cl)c1. The van der Waals surface area contributed by atoms with Crippen molar-refractivity contribution in [3.05, 3.63) is 100 Å². The van der Waals surface area contributed by atoms with Gasteiger partial charge in [0.05, 0.1) is 0 Å². The van der Waals surface area contributed by atoms with Gasteiger partial charge in [-0.2, -0.15) is 0 Å². The van der Waals surface area contributed by atoms with Crippen molar-refractivity contribution < 1.29 is 0 Å². The summed E-state index contributed by atoms with van der Waals surface area (Å²) in [5.41, 5.74) is 3.37. The molecule has 0 unspecified atom stereocenters. The molecule has 0 aromatic heterocycles. The number of hydrogen-bond donors (Lipinski definition) is 2. The molecule has 0 spiro atoms. The van der Waals surface area contributed by atoms with Gasteiger partial charge in [0.15, 0.2) is 5.11 Å². The summed E-state index contributed by atoms with van der Waals surface area (Å²) in [4.78, 5) is 0. The second kappa shape index (κ2) is 9.75. The van der Waals surface area contributed by atoms with E-state index in [1.54, 1.807) is 18.2 Å². The van der Waals surface area contributed by atoms with Gasteiger partial charge in [-0.25, -0.2) is 0 Å². The number of rotatable bonds is 6. The Balaban J connectivity index is 1.61. The smallest absolute Gasteiger partial charge is 0.170 e. The molecule has 3 rings (SSSR count). The highest BCUT2D eigenvalue weighted by atomic mass is 35.5. The third-order valence-corrected chi connectivity index (χ3v) is 4.93. The van der Waals surface area contributed by atoms with E-state index in [1.165, 1.54) is 11.1 Å². The second-order valence-corrected chi connectivity index (χ2v) is 7.48. The van der Waals surface area contributed by atoms with Crippen molar-refractivity contribution in [3.63, 3.8) is 0 Å². The topological polar surface area (TPSA) is 24.1 Å². The number of thiocarbonyl (C=S) groups is 1. The standard InChI is InChI=1S/C22H20Cl2N2S/c23-18-13-19(24)15-20(14-18)26-22(27)25-12-11-21(16-7-3-1-4-8-16)17-9-5-2-6-10-17/h1-10,13-15,21H,11-12H2,(H2,25,26,27). The van der Waals surface area contributed by atoms with E-state index in [9.17, 15) is 0 Å². The van der Waals surface area contributed by atoms with Gasteiger partial charge >= 0.3 is 0 Å². The minimum Gasteiger partial charge on any atom is -0.362 e. The minimum atomic E-state index is 0.309. The maximum Gasteiger partial charge on any atom is 0.170 e. The average molecular weight is 415 g/mol. The van der Waals surface area contributed by atoms with Crippen molar-refractivity contribution in [2.75, 3.05) is 11.9 Å². The molecule has 3 aromatic carbocycles. The summed E-state index contributed by atoms with van der Waals surface area (Å²) in [6.45, 7) is 0.745. The lowest BCUT2D eigenvalue weighted by Gasteiger charge is -2.19. The molecule has 0 aliphatic carbocycles. The molecule has 0 aliphatic heterocycles. The van der Waals surface area contributed by atoms with Gasteiger partial charge in [-0.1, -0.05) is 83.9 Å². The van der Waals surface area contributed by atoms with Crippen molar-refractivity contribution in [3.8, 4) is 0 Å². The number of anilines is 1. The Morgan fingerprint density at radius 3 is 1.85 bits per heavy atom. The molecule has 0 fully saturated rings. The van der Waals surface area contributed by atoms with E-state index < -0.39 is 0 Å². The highest BCUT2D eigenvalue weighted by Crippen LogP contribution is 2.27. The van der Waals surface area contributed by atoms with Crippen molar-refractivity contribution in [2.24, 2.45) is 0 Å². The summed E-state index contributed by atoms with van der Waals surface area (Å²) >= 11 is 17.5. The van der Waals surface area contributed by atoms with Crippen LogP contribution in [0.15, 0.2) is 78.9 Å². The summed E-state index contributed by atoms with van der Waals surface area (Å²) in [6.07, 6.45) is 0.923. The molecule has 138 valence electrons. The largest absolute Gasteiger partial charge is 0.362 e. The van der Waals surface area contributed by atoms with Crippen LogP contribution < -0.4 is 10.6 Å². The van der Waals surface area contributed by atoms with Crippen LogP contribution in [0.4, 0.5) is 5.69 Å². The fourth-order valence-electron chi connectivity index (χ4n) is 3.03. The van der Waals surface area contributed by atoms with E-state index >= 15 is 0 Å². The zero-order valence-electron chi connectivity index (χ0n) is 14.7. The number of hydrogen-bond acceptors (Lipinski definition) is 1. The molecule has 0 aliphatic rings. The van der Waals surface area contributed by atoms with Crippen molar-refractivity contribution in [1.29, 1.82) is 0 Å². The van der Waals surface area contributed by atoms with Gasteiger partial charge in [0.25, 0.3) is 0 Å². The second-order valence-electron chi connectivity index (χ2n) is 6.20. The fraction of sp³-hybridized carbons (Fsp3) is 0.136. The maximum absolute atomic E-state index is 6.03. The quantitative estimate of drug-likeness (QED) is 0.449. The van der Waals surface area contributed by atoms with Crippen LogP contribution in [0.5, 0.6) is 0 Å². The maximum atomic E-state index is 6.03. The lowest BCUT2D eigenvalue weighted by Crippen LogP contribution is -2.30. The zero-order chi connectivity index (χ0) is 19.1. The molecular formula is C22H20Cl2N2S. The fourth-order valence-corrected chi connectivity index (χ4v) is 3.77. The Kier molecular flexibility index (Phi) is 7.11. The number of nitrogens with one attached hydrogen (secondary N) is 2. The molecule has 3 aromatic rings. The van der Waals surface area contributed by atoms with Gasteiger partial charge in [-0.05, 0) is 48.0 Å². The molecule has 2 N–H and O–H groups in total. The molecule has 27 heavy (non-hydrogen) atoms. The van der Waals surface area contributed by atoms with Gasteiger partial charge in [0.2, 0.25) is 0 Å². The van der Waals surface area contributed by atoms with Crippen LogP contribution in [0.3, 0.4) is 0 Å². The summed E-state index contributed by atoms with van der Waals surface area (Å²) in [7, 11) is 0. The Labute approximate surface area is 175 Å². The Morgan fingerprint density at radius 1 is 0.815 bits per heavy atom. The van der Waals surface area contributed by atoms with Crippen LogP contribution in [0, 0.1) is 0 Å². The van der Waals surface area contributed by atoms with Gasteiger partial charge in [0.1, 0.15) is 0 Å². The summed E-state index contributed by atoms with van der Waals surface area (Å²) in [5, 5.41) is 8.09. The third-order valence-electron chi connectivity index (χ3n) is 4.24. The van der Waals surface area contributed by atoms with Gasteiger partial charge in [-0.3, -0.25) is 0 Å². The normalized spacial score (nSPS) is 10.6. The summed E-state index contributed by atoms with van der Waals surface area (Å²) < 4.78 is 0. The van der Waals surface area contributed by atoms with E-state index in [-0.39, 0.29) is 0 Å². The lowest BCUT2D eigenvalue weighted by atomic mass is 9.88. The van der Waals surface area contributed by atoms with Crippen LogP contribution in [0.25, 0.3) is 0 Å². The predicted molar refractivity (Wildman–Crippen MR) is 120 cm³/mol. The average Bonchev–Trinajstić information content (AvgIpc) is 2.66. The number of benzene rings is 3. The van der Waals surface area contributed by atoms with Crippen LogP contribution in [0.2, 0.25) is 10.0 Å². The predicted octanol–water partition coefficient (Wildman–Crippen LogP) is 6.50.